The highest BCUT2D eigenvalue weighted by Gasteiger charge is 2.20. The lowest BCUT2D eigenvalue weighted by Gasteiger charge is -2.33. The molecule has 26 heavy (non-hydrogen) atoms. The zero-order valence-electron chi connectivity index (χ0n) is 14.7. The number of rotatable bonds is 6. The van der Waals surface area contributed by atoms with Crippen molar-refractivity contribution in [1.82, 2.24) is 9.80 Å². The van der Waals surface area contributed by atoms with Crippen molar-refractivity contribution in [3.63, 3.8) is 0 Å². The molecule has 0 aromatic heterocycles. The molecule has 0 aliphatic carbocycles. The zero-order valence-corrected chi connectivity index (χ0v) is 14.7. The van der Waals surface area contributed by atoms with Gasteiger partial charge >= 0.3 is 12.1 Å². The first-order chi connectivity index (χ1) is 12.4. The van der Waals surface area contributed by atoms with Gasteiger partial charge in [-0.1, -0.05) is 6.07 Å². The van der Waals surface area contributed by atoms with Crippen LogP contribution >= 0.6 is 0 Å². The van der Waals surface area contributed by atoms with Crippen LogP contribution in [0.25, 0.3) is 6.08 Å². The molecule has 8 nitrogen and oxygen atoms in total. The topological polar surface area (TPSA) is 113 Å². The summed E-state index contributed by atoms with van der Waals surface area (Å²) in [6.07, 6.45) is 1.97. The zero-order chi connectivity index (χ0) is 19.1. The summed E-state index contributed by atoms with van der Waals surface area (Å²) in [7, 11) is 0. The van der Waals surface area contributed by atoms with Gasteiger partial charge in [-0.05, 0) is 36.3 Å². The maximum absolute atomic E-state index is 11.6. The van der Waals surface area contributed by atoms with E-state index in [0.29, 0.717) is 43.9 Å². The van der Waals surface area contributed by atoms with Gasteiger partial charge in [-0.15, -0.1) is 0 Å². The minimum absolute atomic E-state index is 0.290. The molecule has 1 aromatic carbocycles. The lowest BCUT2D eigenvalue weighted by Crippen LogP contribution is -2.47. The van der Waals surface area contributed by atoms with Crippen LogP contribution < -0.4 is 5.73 Å². The summed E-state index contributed by atoms with van der Waals surface area (Å²) < 4.78 is 4.84. The lowest BCUT2D eigenvalue weighted by molar-refractivity contribution is -0.137. The average Bonchev–Trinajstić information content (AvgIpc) is 2.60. The highest BCUT2D eigenvalue weighted by Crippen LogP contribution is 2.15. The molecular formula is C18H23N3O5. The number of nitrogens with zero attached hydrogens (tertiary/aromatic N) is 2. The summed E-state index contributed by atoms with van der Waals surface area (Å²) in [5, 5.41) is 9.00. The number of nitrogens with two attached hydrogens (primary N) is 1. The van der Waals surface area contributed by atoms with E-state index in [0.717, 1.165) is 5.56 Å². The number of hydrogen-bond acceptors (Lipinski definition) is 5. The van der Waals surface area contributed by atoms with Gasteiger partial charge in [0.25, 0.3) is 0 Å². The predicted octanol–water partition coefficient (Wildman–Crippen LogP) is 1.16. The summed E-state index contributed by atoms with van der Waals surface area (Å²) in [5.74, 6) is -1.00. The number of carbonyl (C=O) groups excluding carboxylic acids is 2. The van der Waals surface area contributed by atoms with E-state index in [1.807, 2.05) is 6.07 Å². The van der Waals surface area contributed by atoms with Crippen molar-refractivity contribution in [1.29, 1.82) is 0 Å². The van der Waals surface area contributed by atoms with Crippen molar-refractivity contribution in [2.45, 2.75) is 13.5 Å². The Bertz CT molecular complexity index is 709. The van der Waals surface area contributed by atoms with Crippen LogP contribution in [-0.2, 0) is 16.1 Å². The Kier molecular flexibility index (Phi) is 6.74. The molecule has 1 aliphatic rings. The molecule has 140 valence electrons. The van der Waals surface area contributed by atoms with Gasteiger partial charge in [0, 0.05) is 44.4 Å². The van der Waals surface area contributed by atoms with Crippen molar-refractivity contribution < 1.29 is 24.2 Å². The molecule has 0 unspecified atom stereocenters. The number of piperazine rings is 1. The Morgan fingerprint density at radius 1 is 1.19 bits per heavy atom. The third kappa shape index (κ3) is 5.59. The molecule has 0 atom stereocenters. The second kappa shape index (κ2) is 9.00. The van der Waals surface area contributed by atoms with E-state index in [4.69, 9.17) is 15.6 Å². The number of amides is 2. The molecule has 1 aliphatic heterocycles. The molecule has 1 heterocycles. The maximum Gasteiger partial charge on any atom is 0.407 e. The molecule has 1 saturated heterocycles. The van der Waals surface area contributed by atoms with Crippen molar-refractivity contribution in [3.8, 4) is 0 Å². The molecule has 2 amide bonds. The highest BCUT2D eigenvalue weighted by molar-refractivity contribution is 5.94. The van der Waals surface area contributed by atoms with Crippen LogP contribution in [0.4, 0.5) is 4.79 Å². The minimum Gasteiger partial charge on any atom is -0.465 e. The second-order valence-electron chi connectivity index (χ2n) is 5.96. The summed E-state index contributed by atoms with van der Waals surface area (Å²) in [6, 6.07) is 5.20. The smallest absolute Gasteiger partial charge is 0.407 e. The Balaban J connectivity index is 2.11. The van der Waals surface area contributed by atoms with Crippen LogP contribution in [0.3, 0.4) is 0 Å². The van der Waals surface area contributed by atoms with Crippen LogP contribution in [0, 0.1) is 0 Å². The van der Waals surface area contributed by atoms with Gasteiger partial charge in [0.2, 0.25) is 5.91 Å². The van der Waals surface area contributed by atoms with E-state index in [2.05, 4.69) is 4.90 Å². The largest absolute Gasteiger partial charge is 0.465 e. The number of primary amides is 1. The van der Waals surface area contributed by atoms with Crippen molar-refractivity contribution >= 4 is 24.0 Å². The Hall–Kier alpha value is -2.87. The molecule has 0 spiro atoms. The SMILES string of the molecule is CCOC(=O)/C=C/c1cc(CN2CCN(C(=O)O)CC2)cc(C(N)=O)c1. The summed E-state index contributed by atoms with van der Waals surface area (Å²) >= 11 is 0. The van der Waals surface area contributed by atoms with Crippen LogP contribution in [-0.4, -0.2) is 65.7 Å². The van der Waals surface area contributed by atoms with Gasteiger partial charge in [-0.2, -0.15) is 0 Å². The second-order valence-corrected chi connectivity index (χ2v) is 5.96. The molecule has 1 fully saturated rings. The predicted molar refractivity (Wildman–Crippen MR) is 95.5 cm³/mol. The third-order valence-corrected chi connectivity index (χ3v) is 4.05. The monoisotopic (exact) mass is 361 g/mol. The van der Waals surface area contributed by atoms with Gasteiger partial charge in [-0.25, -0.2) is 9.59 Å². The van der Waals surface area contributed by atoms with Gasteiger partial charge in [0.1, 0.15) is 0 Å². The van der Waals surface area contributed by atoms with Crippen LogP contribution in [0.2, 0.25) is 0 Å². The molecule has 1 aromatic rings. The first kappa shape index (κ1) is 19.5. The molecule has 8 heteroatoms. The fourth-order valence-electron chi connectivity index (χ4n) is 2.76. The van der Waals surface area contributed by atoms with Gasteiger partial charge in [0.15, 0.2) is 0 Å². The number of benzene rings is 1. The first-order valence-electron chi connectivity index (χ1n) is 8.38. The Labute approximate surface area is 151 Å². The normalized spacial score (nSPS) is 15.2. The van der Waals surface area contributed by atoms with E-state index >= 15 is 0 Å². The molecule has 0 radical (unpaired) electrons. The number of ether oxygens (including phenoxy) is 1. The van der Waals surface area contributed by atoms with Crippen LogP contribution in [0.5, 0.6) is 0 Å². The van der Waals surface area contributed by atoms with Gasteiger partial charge in [0.05, 0.1) is 6.61 Å². The third-order valence-electron chi connectivity index (χ3n) is 4.05. The highest BCUT2D eigenvalue weighted by atomic mass is 16.5. The first-order valence-corrected chi connectivity index (χ1v) is 8.38. The number of carboxylic acid groups (broad SMARTS) is 1. The van der Waals surface area contributed by atoms with Crippen molar-refractivity contribution in [3.05, 3.63) is 41.0 Å². The van der Waals surface area contributed by atoms with E-state index in [1.165, 1.54) is 11.0 Å². The fourth-order valence-corrected chi connectivity index (χ4v) is 2.76. The summed E-state index contributed by atoms with van der Waals surface area (Å²) in [6.45, 7) is 4.69. The summed E-state index contributed by atoms with van der Waals surface area (Å²) in [5.41, 5.74) is 7.30. The molecule has 3 N–H and O–H groups in total. The van der Waals surface area contributed by atoms with Gasteiger partial charge < -0.3 is 20.5 Å². The average molecular weight is 361 g/mol. The van der Waals surface area contributed by atoms with E-state index in [-0.39, 0.29) is 6.61 Å². The standard InChI is InChI=1S/C18H23N3O5/c1-2-26-16(22)4-3-13-9-14(11-15(10-13)17(19)23)12-20-5-7-21(8-6-20)18(24)25/h3-4,9-11H,2,5-8,12H2,1H3,(H2,19,23)(H,24,25)/b4-3+. The number of hydrogen-bond donors (Lipinski definition) is 2. The summed E-state index contributed by atoms with van der Waals surface area (Å²) in [4.78, 5) is 37.5. The Morgan fingerprint density at radius 2 is 1.88 bits per heavy atom. The van der Waals surface area contributed by atoms with E-state index in [9.17, 15) is 14.4 Å². The van der Waals surface area contributed by atoms with Gasteiger partial charge in [-0.3, -0.25) is 9.69 Å². The molecule has 0 bridgehead atoms. The van der Waals surface area contributed by atoms with Crippen molar-refractivity contribution in [2.75, 3.05) is 32.8 Å². The van der Waals surface area contributed by atoms with E-state index < -0.39 is 18.0 Å². The van der Waals surface area contributed by atoms with Crippen LogP contribution in [0.15, 0.2) is 24.3 Å². The molecule has 0 saturated carbocycles. The number of esters is 1. The fraction of sp³-hybridized carbons (Fsp3) is 0.389. The quantitative estimate of drug-likeness (QED) is 0.581. The molecular weight excluding hydrogens is 338 g/mol. The minimum atomic E-state index is -0.910. The van der Waals surface area contributed by atoms with Crippen LogP contribution in [0.1, 0.15) is 28.4 Å². The maximum atomic E-state index is 11.6. The lowest BCUT2D eigenvalue weighted by atomic mass is 10.0. The van der Waals surface area contributed by atoms with E-state index in [1.54, 1.807) is 25.1 Å². The molecule has 2 rings (SSSR count). The number of carbonyl (C=O) groups is 3. The van der Waals surface area contributed by atoms with Crippen molar-refractivity contribution in [2.24, 2.45) is 5.73 Å². The Morgan fingerprint density at radius 3 is 2.46 bits per heavy atom.